The molecule has 0 aromatic rings. The fourth-order valence-electron chi connectivity index (χ4n) is 7.33. The Balaban J connectivity index is 1.77. The summed E-state index contributed by atoms with van der Waals surface area (Å²) in [5, 5.41) is 42.6. The average Bonchev–Trinajstić information content (AvgIpc) is 2.87. The van der Waals surface area contributed by atoms with Crippen molar-refractivity contribution in [2.75, 3.05) is 6.61 Å². The molecule has 3 fully saturated rings. The lowest BCUT2D eigenvalue weighted by Gasteiger charge is -2.61. The first-order valence-corrected chi connectivity index (χ1v) is 10.1. The Bertz CT molecular complexity index is 715. The molecule has 6 heteroatoms. The fourth-order valence-corrected chi connectivity index (χ4v) is 7.33. The number of aliphatic hydroxyl groups excluding tert-OH is 3. The highest BCUT2D eigenvalue weighted by Gasteiger charge is 2.68. The van der Waals surface area contributed by atoms with Crippen LogP contribution in [-0.2, 0) is 9.59 Å². The molecule has 0 amide bonds. The van der Waals surface area contributed by atoms with Gasteiger partial charge in [-0.1, -0.05) is 13.8 Å². The predicted octanol–water partition coefficient (Wildman–Crippen LogP) is 0.752. The maximum absolute atomic E-state index is 12.4. The molecule has 27 heavy (non-hydrogen) atoms. The molecule has 0 radical (unpaired) electrons. The molecule has 4 N–H and O–H groups in total. The number of aliphatic hydroxyl groups is 4. The Kier molecular flexibility index (Phi) is 4.25. The van der Waals surface area contributed by atoms with Gasteiger partial charge in [-0.25, -0.2) is 0 Å². The van der Waals surface area contributed by atoms with Crippen molar-refractivity contribution in [1.29, 1.82) is 0 Å². The Morgan fingerprint density at radius 2 is 1.96 bits per heavy atom. The first-order valence-electron chi connectivity index (χ1n) is 10.1. The van der Waals surface area contributed by atoms with Crippen molar-refractivity contribution in [2.24, 2.45) is 28.6 Å². The van der Waals surface area contributed by atoms with Gasteiger partial charge in [0.15, 0.2) is 11.6 Å². The highest BCUT2D eigenvalue weighted by Crippen LogP contribution is 2.67. The van der Waals surface area contributed by atoms with Crippen LogP contribution < -0.4 is 0 Å². The van der Waals surface area contributed by atoms with Gasteiger partial charge in [0.1, 0.15) is 12.2 Å². The van der Waals surface area contributed by atoms with Crippen molar-refractivity contribution in [3.8, 4) is 0 Å². The molecule has 150 valence electrons. The van der Waals surface area contributed by atoms with Crippen LogP contribution >= 0.6 is 0 Å². The molecule has 0 aliphatic heterocycles. The molecule has 3 saturated carbocycles. The summed E-state index contributed by atoms with van der Waals surface area (Å²) in [4.78, 5) is 24.3. The molecular formula is C21H30O6. The minimum Gasteiger partial charge on any atom is -0.393 e. The monoisotopic (exact) mass is 378 g/mol. The first-order chi connectivity index (χ1) is 12.6. The van der Waals surface area contributed by atoms with Gasteiger partial charge in [-0.2, -0.15) is 0 Å². The van der Waals surface area contributed by atoms with Gasteiger partial charge in [-0.05, 0) is 66.9 Å². The molecule has 8 atom stereocenters. The second kappa shape index (κ2) is 5.96. The van der Waals surface area contributed by atoms with Gasteiger partial charge in [0.2, 0.25) is 0 Å². The van der Waals surface area contributed by atoms with E-state index < -0.39 is 41.0 Å². The lowest BCUT2D eigenvalue weighted by molar-refractivity contribution is -0.187. The molecule has 0 heterocycles. The zero-order valence-corrected chi connectivity index (χ0v) is 16.0. The number of rotatable bonds is 2. The van der Waals surface area contributed by atoms with Crippen LogP contribution in [0.5, 0.6) is 0 Å². The summed E-state index contributed by atoms with van der Waals surface area (Å²) in [7, 11) is 0. The third kappa shape index (κ3) is 2.33. The number of carbonyl (C=O) groups is 2. The Morgan fingerprint density at radius 3 is 2.63 bits per heavy atom. The van der Waals surface area contributed by atoms with E-state index in [1.807, 2.05) is 13.8 Å². The second-order valence-corrected chi connectivity index (χ2v) is 9.70. The van der Waals surface area contributed by atoms with Gasteiger partial charge in [0.05, 0.1) is 12.2 Å². The molecule has 0 aromatic carbocycles. The number of hydrogen-bond donors (Lipinski definition) is 4. The van der Waals surface area contributed by atoms with Crippen LogP contribution in [0.4, 0.5) is 0 Å². The van der Waals surface area contributed by atoms with Gasteiger partial charge >= 0.3 is 0 Å². The Labute approximate surface area is 159 Å². The number of Topliss-reactive ketones (excluding diaryl/α,β-unsaturated/α-hetero) is 1. The van der Waals surface area contributed by atoms with Crippen LogP contribution in [0.2, 0.25) is 0 Å². The highest BCUT2D eigenvalue weighted by molar-refractivity contribution is 5.92. The summed E-state index contributed by atoms with van der Waals surface area (Å²) in [6, 6.07) is 0. The summed E-state index contributed by atoms with van der Waals surface area (Å²) in [5.74, 6) is -0.713. The van der Waals surface area contributed by atoms with Crippen LogP contribution in [0.15, 0.2) is 11.6 Å². The standard InChI is InChI=1S/C21H30O6/c1-19-5-3-11(23)7-14(19)15(24)8-12-13-4-6-21(27,17(26)10-22)20(13,2)9-16(25)18(12)19/h7,12-13,15-16,18,22,24-25,27H,3-6,8-10H2,1-2H3/t12-,13-,15+,16+,18+,19-,20-,21-/m0/s1. The van der Waals surface area contributed by atoms with E-state index in [1.165, 1.54) is 0 Å². The van der Waals surface area contributed by atoms with Crippen molar-refractivity contribution in [1.82, 2.24) is 0 Å². The van der Waals surface area contributed by atoms with E-state index in [1.54, 1.807) is 6.08 Å². The molecule has 0 unspecified atom stereocenters. The van der Waals surface area contributed by atoms with Crippen LogP contribution in [0.1, 0.15) is 52.4 Å². The molecule has 4 rings (SSSR count). The number of hydrogen-bond acceptors (Lipinski definition) is 6. The van der Waals surface area contributed by atoms with E-state index in [0.29, 0.717) is 25.7 Å². The van der Waals surface area contributed by atoms with Crippen molar-refractivity contribution in [2.45, 2.75) is 70.2 Å². The molecule has 0 aromatic heterocycles. The Hall–Kier alpha value is -1.08. The van der Waals surface area contributed by atoms with Crippen LogP contribution in [-0.4, -0.2) is 56.4 Å². The smallest absolute Gasteiger partial charge is 0.190 e. The maximum atomic E-state index is 12.4. The summed E-state index contributed by atoms with van der Waals surface area (Å²) >= 11 is 0. The van der Waals surface area contributed by atoms with E-state index in [9.17, 15) is 30.0 Å². The van der Waals surface area contributed by atoms with Gasteiger partial charge in [-0.15, -0.1) is 0 Å². The van der Waals surface area contributed by atoms with Crippen LogP contribution in [0, 0.1) is 28.6 Å². The predicted molar refractivity (Wildman–Crippen MR) is 96.5 cm³/mol. The molecule has 4 aliphatic rings. The molecule has 4 aliphatic carbocycles. The molecular weight excluding hydrogens is 348 g/mol. The lowest BCUT2D eigenvalue weighted by atomic mass is 9.45. The zero-order chi connectivity index (χ0) is 19.8. The largest absolute Gasteiger partial charge is 0.393 e. The molecule has 0 saturated heterocycles. The maximum Gasteiger partial charge on any atom is 0.190 e. The quantitative estimate of drug-likeness (QED) is 0.564. The van der Waals surface area contributed by atoms with E-state index in [-0.39, 0.29) is 36.4 Å². The Morgan fingerprint density at radius 1 is 1.26 bits per heavy atom. The zero-order valence-electron chi connectivity index (χ0n) is 16.0. The van der Waals surface area contributed by atoms with Crippen LogP contribution in [0.3, 0.4) is 0 Å². The van der Waals surface area contributed by atoms with Gasteiger partial charge in [0, 0.05) is 11.8 Å². The number of fused-ring (bicyclic) bond motifs is 5. The molecule has 6 nitrogen and oxygen atoms in total. The average molecular weight is 378 g/mol. The van der Waals surface area contributed by atoms with Crippen LogP contribution in [0.25, 0.3) is 0 Å². The normalized spacial score (nSPS) is 51.9. The fraction of sp³-hybridized carbons (Fsp3) is 0.810. The number of carbonyl (C=O) groups excluding carboxylic acids is 2. The first kappa shape index (κ1) is 19.2. The topological polar surface area (TPSA) is 115 Å². The summed E-state index contributed by atoms with van der Waals surface area (Å²) in [6.07, 6.45) is 2.75. The number of ketones is 2. The lowest BCUT2D eigenvalue weighted by Crippen LogP contribution is -2.63. The highest BCUT2D eigenvalue weighted by atomic mass is 16.3. The molecule has 0 bridgehead atoms. The van der Waals surface area contributed by atoms with E-state index in [0.717, 1.165) is 5.57 Å². The van der Waals surface area contributed by atoms with E-state index in [4.69, 9.17) is 0 Å². The van der Waals surface area contributed by atoms with E-state index >= 15 is 0 Å². The van der Waals surface area contributed by atoms with Gasteiger partial charge < -0.3 is 20.4 Å². The summed E-state index contributed by atoms with van der Waals surface area (Å²) in [5.41, 5.74) is -2.17. The third-order valence-electron chi connectivity index (χ3n) is 8.67. The van der Waals surface area contributed by atoms with Crippen molar-refractivity contribution in [3.05, 3.63) is 11.6 Å². The minimum absolute atomic E-state index is 0.0166. The van der Waals surface area contributed by atoms with E-state index in [2.05, 4.69) is 0 Å². The SMILES string of the molecule is C[C@]12CCC(=O)C=C1[C@H](O)C[C@@H]1[C@@H]2[C@H](O)C[C@@]2(C)[C@H]1CC[C@]2(O)C(=O)CO. The van der Waals surface area contributed by atoms with Crippen molar-refractivity contribution < 1.29 is 30.0 Å². The van der Waals surface area contributed by atoms with Crippen molar-refractivity contribution >= 4 is 11.6 Å². The minimum atomic E-state index is -1.64. The third-order valence-corrected chi connectivity index (χ3v) is 8.67. The van der Waals surface area contributed by atoms with Crippen molar-refractivity contribution in [3.63, 3.8) is 0 Å². The summed E-state index contributed by atoms with van der Waals surface area (Å²) in [6.45, 7) is 3.18. The summed E-state index contributed by atoms with van der Waals surface area (Å²) < 4.78 is 0. The second-order valence-electron chi connectivity index (χ2n) is 9.70. The molecule has 0 spiro atoms. The van der Waals surface area contributed by atoms with Gasteiger partial charge in [-0.3, -0.25) is 9.59 Å². The van der Waals surface area contributed by atoms with Gasteiger partial charge in [0.25, 0.3) is 0 Å².